The predicted octanol–water partition coefficient (Wildman–Crippen LogP) is 3.89. The summed E-state index contributed by atoms with van der Waals surface area (Å²) in [5, 5.41) is 8.02. The van der Waals surface area contributed by atoms with E-state index in [1.54, 1.807) is 54.3 Å². The van der Waals surface area contributed by atoms with E-state index in [4.69, 9.17) is 4.74 Å². The summed E-state index contributed by atoms with van der Waals surface area (Å²) in [6.07, 6.45) is -1.90. The van der Waals surface area contributed by atoms with Crippen LogP contribution in [0.1, 0.15) is 36.4 Å². The fourth-order valence-corrected chi connectivity index (χ4v) is 6.23. The highest BCUT2D eigenvalue weighted by Crippen LogP contribution is 2.51. The number of alkyl halides is 3. The molecule has 10 heteroatoms. The summed E-state index contributed by atoms with van der Waals surface area (Å²) in [6.45, 7) is 0.667. The SMILES string of the molecule is CO[C@@](C(=O)N1CCC2(CCNC(=O)[C@H]2c2ccnn2C)CC1)(c1cccc2ccccc12)C(F)(F)F. The van der Waals surface area contributed by atoms with Crippen LogP contribution in [0.4, 0.5) is 13.2 Å². The van der Waals surface area contributed by atoms with Crippen LogP contribution in [-0.2, 0) is 27.0 Å². The molecule has 1 N–H and O–H groups in total. The molecule has 2 aliphatic rings. The van der Waals surface area contributed by atoms with Gasteiger partial charge in [-0.1, -0.05) is 42.5 Å². The summed E-state index contributed by atoms with van der Waals surface area (Å²) in [7, 11) is 2.70. The Morgan fingerprint density at radius 3 is 2.43 bits per heavy atom. The van der Waals surface area contributed by atoms with Crippen molar-refractivity contribution in [3.8, 4) is 0 Å². The van der Waals surface area contributed by atoms with Crippen molar-refractivity contribution < 1.29 is 27.5 Å². The first-order valence-electron chi connectivity index (χ1n) is 12.3. The fourth-order valence-electron chi connectivity index (χ4n) is 6.23. The number of carbonyl (C=O) groups is 2. The van der Waals surface area contributed by atoms with Gasteiger partial charge in [0, 0.05) is 45.6 Å². The number of aryl methyl sites for hydroxylation is 1. The molecule has 3 heterocycles. The van der Waals surface area contributed by atoms with Crippen LogP contribution in [0.15, 0.2) is 54.7 Å². The van der Waals surface area contributed by atoms with Crippen LogP contribution in [0.3, 0.4) is 0 Å². The Morgan fingerprint density at radius 2 is 1.78 bits per heavy atom. The minimum absolute atomic E-state index is 0.0897. The second kappa shape index (κ2) is 9.16. The van der Waals surface area contributed by atoms with E-state index < -0.39 is 29.0 Å². The molecule has 2 aliphatic heterocycles. The van der Waals surface area contributed by atoms with Gasteiger partial charge in [0.1, 0.15) is 0 Å². The van der Waals surface area contributed by atoms with Crippen LogP contribution < -0.4 is 5.32 Å². The van der Waals surface area contributed by atoms with Crippen molar-refractivity contribution >= 4 is 22.6 Å². The maximum atomic E-state index is 14.9. The molecular weight excluding hydrogens is 485 g/mol. The van der Waals surface area contributed by atoms with Crippen molar-refractivity contribution in [2.75, 3.05) is 26.7 Å². The Labute approximate surface area is 212 Å². The van der Waals surface area contributed by atoms with Crippen LogP contribution >= 0.6 is 0 Å². The number of methoxy groups -OCH3 is 1. The summed E-state index contributed by atoms with van der Waals surface area (Å²) in [5.74, 6) is -1.74. The summed E-state index contributed by atoms with van der Waals surface area (Å²) in [6, 6.07) is 13.0. The monoisotopic (exact) mass is 514 g/mol. The molecule has 7 nitrogen and oxygen atoms in total. The Kier molecular flexibility index (Phi) is 6.26. The van der Waals surface area contributed by atoms with Crippen LogP contribution in [0.2, 0.25) is 0 Å². The second-order valence-electron chi connectivity index (χ2n) is 9.92. The molecule has 3 aromatic rings. The van der Waals surface area contributed by atoms with Crippen molar-refractivity contribution in [1.82, 2.24) is 20.0 Å². The molecule has 2 amide bonds. The average molecular weight is 515 g/mol. The number of nitrogens with zero attached hydrogens (tertiary/aromatic N) is 3. The molecule has 0 aliphatic carbocycles. The van der Waals surface area contributed by atoms with E-state index in [9.17, 15) is 22.8 Å². The Hall–Kier alpha value is -3.40. The number of likely N-dealkylation sites (tertiary alicyclic amines) is 1. The molecule has 2 fully saturated rings. The smallest absolute Gasteiger partial charge is 0.356 e. The Morgan fingerprint density at radius 1 is 1.08 bits per heavy atom. The molecule has 37 heavy (non-hydrogen) atoms. The van der Waals surface area contributed by atoms with Crippen LogP contribution in [-0.4, -0.2) is 59.4 Å². The zero-order valence-corrected chi connectivity index (χ0v) is 20.7. The van der Waals surface area contributed by atoms with Gasteiger partial charge in [-0.25, -0.2) is 0 Å². The van der Waals surface area contributed by atoms with E-state index in [1.165, 1.54) is 17.0 Å². The average Bonchev–Trinajstić information content (AvgIpc) is 3.29. The van der Waals surface area contributed by atoms with Gasteiger partial charge in [0.2, 0.25) is 5.91 Å². The fraction of sp³-hybridized carbons (Fsp3) is 0.444. The van der Waals surface area contributed by atoms with Gasteiger partial charge >= 0.3 is 6.18 Å². The van der Waals surface area contributed by atoms with Crippen LogP contribution in [0.25, 0.3) is 10.8 Å². The molecule has 2 saturated heterocycles. The second-order valence-corrected chi connectivity index (χ2v) is 9.92. The number of halogens is 3. The molecule has 0 bridgehead atoms. The van der Waals surface area contributed by atoms with E-state index in [2.05, 4.69) is 10.4 Å². The van der Waals surface area contributed by atoms with Gasteiger partial charge in [-0.15, -0.1) is 0 Å². The third-order valence-corrected chi connectivity index (χ3v) is 8.17. The lowest BCUT2D eigenvalue weighted by molar-refractivity contribution is -0.270. The van der Waals surface area contributed by atoms with Crippen molar-refractivity contribution in [1.29, 1.82) is 0 Å². The minimum Gasteiger partial charge on any atom is -0.356 e. The quantitative estimate of drug-likeness (QED) is 0.573. The molecular formula is C27H29F3N4O3. The van der Waals surface area contributed by atoms with Crippen molar-refractivity contribution in [2.24, 2.45) is 12.5 Å². The number of aromatic nitrogens is 2. The van der Waals surface area contributed by atoms with Gasteiger partial charge in [-0.2, -0.15) is 18.3 Å². The zero-order chi connectivity index (χ0) is 26.4. The van der Waals surface area contributed by atoms with Crippen LogP contribution in [0.5, 0.6) is 0 Å². The van der Waals surface area contributed by atoms with Gasteiger partial charge in [-0.3, -0.25) is 14.3 Å². The van der Waals surface area contributed by atoms with E-state index >= 15 is 0 Å². The van der Waals surface area contributed by atoms with Crippen LogP contribution in [0, 0.1) is 5.41 Å². The lowest BCUT2D eigenvalue weighted by atomic mass is 9.63. The lowest BCUT2D eigenvalue weighted by Crippen LogP contribution is -2.60. The molecule has 2 atom stereocenters. The van der Waals surface area contributed by atoms with E-state index in [0.29, 0.717) is 36.6 Å². The molecule has 0 radical (unpaired) electrons. The molecule has 0 unspecified atom stereocenters. The normalized spacial score (nSPS) is 21.6. The summed E-state index contributed by atoms with van der Waals surface area (Å²) in [5.41, 5.74) is -3.09. The number of carbonyl (C=O) groups excluding carboxylic acids is 2. The molecule has 1 spiro atoms. The Balaban J connectivity index is 1.50. The van der Waals surface area contributed by atoms with Gasteiger partial charge in [0.05, 0.1) is 11.6 Å². The Bertz CT molecular complexity index is 1320. The number of ether oxygens (including phenoxy) is 1. The van der Waals surface area contributed by atoms with Crippen molar-refractivity contribution in [2.45, 2.75) is 37.0 Å². The highest BCUT2D eigenvalue weighted by atomic mass is 19.4. The maximum absolute atomic E-state index is 14.9. The number of hydrogen-bond acceptors (Lipinski definition) is 4. The van der Waals surface area contributed by atoms with Gasteiger partial charge in [0.25, 0.3) is 11.5 Å². The topological polar surface area (TPSA) is 76.5 Å². The first kappa shape index (κ1) is 25.3. The summed E-state index contributed by atoms with van der Waals surface area (Å²) >= 11 is 0. The van der Waals surface area contributed by atoms with Gasteiger partial charge < -0.3 is 15.0 Å². The zero-order valence-electron chi connectivity index (χ0n) is 20.7. The third-order valence-electron chi connectivity index (χ3n) is 8.17. The number of nitrogens with one attached hydrogen (secondary N) is 1. The van der Waals surface area contributed by atoms with Crippen molar-refractivity contribution in [3.63, 3.8) is 0 Å². The van der Waals surface area contributed by atoms with Crippen molar-refractivity contribution in [3.05, 3.63) is 66.0 Å². The molecule has 196 valence electrons. The standard InChI is InChI=1S/C27H29F3N4O3/c1-33-21(10-14-32-33)22-23(35)31-15-11-25(22)12-16-34(17-13-25)24(36)26(37-2,27(28,29)30)20-9-5-7-18-6-3-4-8-19(18)20/h3-10,14,22H,11-13,15-17H2,1-2H3,(H,31,35)/t22-,26-/m1/s1. The maximum Gasteiger partial charge on any atom is 0.431 e. The summed E-state index contributed by atoms with van der Waals surface area (Å²) in [4.78, 5) is 28.1. The number of hydrogen-bond donors (Lipinski definition) is 1. The first-order chi connectivity index (χ1) is 17.6. The number of piperidine rings is 2. The van der Waals surface area contributed by atoms with E-state index in [0.717, 1.165) is 12.8 Å². The third kappa shape index (κ3) is 3.89. The number of amides is 2. The van der Waals surface area contributed by atoms with E-state index in [-0.39, 0.29) is 24.6 Å². The van der Waals surface area contributed by atoms with E-state index in [1.807, 2.05) is 0 Å². The lowest BCUT2D eigenvalue weighted by Gasteiger charge is -2.49. The molecule has 2 aromatic carbocycles. The molecule has 0 saturated carbocycles. The minimum atomic E-state index is -5.00. The molecule has 5 rings (SSSR count). The predicted molar refractivity (Wildman–Crippen MR) is 131 cm³/mol. The van der Waals surface area contributed by atoms with Gasteiger partial charge in [-0.05, 0) is 41.5 Å². The summed E-state index contributed by atoms with van der Waals surface area (Å²) < 4.78 is 51.4. The highest BCUT2D eigenvalue weighted by Gasteiger charge is 2.65. The highest BCUT2D eigenvalue weighted by molar-refractivity contribution is 5.95. The largest absolute Gasteiger partial charge is 0.431 e. The number of rotatable bonds is 4. The number of benzene rings is 2. The van der Waals surface area contributed by atoms with Gasteiger partial charge in [0.15, 0.2) is 0 Å². The first-order valence-corrected chi connectivity index (χ1v) is 12.3. The number of fused-ring (bicyclic) bond motifs is 1. The molecule has 1 aromatic heterocycles.